The molecule has 1 aromatic carbocycles. The smallest absolute Gasteiger partial charge is 0.483 e. The summed E-state index contributed by atoms with van der Waals surface area (Å²) in [6.07, 6.45) is 3.77. The molecule has 2 atom stereocenters. The molecule has 2 bridgehead atoms. The average Bonchev–Trinajstić information content (AvgIpc) is 2.77. The summed E-state index contributed by atoms with van der Waals surface area (Å²) < 4.78 is 76.1. The molecule has 1 aromatic rings. The van der Waals surface area contributed by atoms with E-state index in [1.807, 2.05) is 24.3 Å². The molecule has 32 heavy (non-hydrogen) atoms. The summed E-state index contributed by atoms with van der Waals surface area (Å²) in [5, 5.41) is 0. The summed E-state index contributed by atoms with van der Waals surface area (Å²) in [6, 6.07) is 5.65. The number of para-hydroxylation sites is 1. The lowest BCUT2D eigenvalue weighted by Gasteiger charge is -2.42. The van der Waals surface area contributed by atoms with Gasteiger partial charge in [0.2, 0.25) is 0 Å². The van der Waals surface area contributed by atoms with Crippen molar-refractivity contribution in [1.29, 1.82) is 0 Å². The molecule has 1 unspecified atom stereocenters. The number of carbonyl (C=O) groups excluding carboxylic acids is 1. The largest absolute Gasteiger partial charge is 0.511 e. The highest BCUT2D eigenvalue weighted by Crippen LogP contribution is 2.39. The Hall–Kier alpha value is -1.85. The molecule has 1 saturated carbocycles. The summed E-state index contributed by atoms with van der Waals surface area (Å²) in [5.41, 5.74) is -4.38. The van der Waals surface area contributed by atoms with Crippen LogP contribution in [0.25, 0.3) is 0 Å². The molecule has 3 heterocycles. The van der Waals surface area contributed by atoms with Gasteiger partial charge >= 0.3 is 15.5 Å². The maximum atomic E-state index is 13.0. The number of ether oxygens (including phenoxy) is 2. The van der Waals surface area contributed by atoms with Crippen LogP contribution in [0, 0.1) is 0 Å². The third-order valence-electron chi connectivity index (χ3n) is 6.60. The second-order valence-electron chi connectivity index (χ2n) is 8.60. The van der Waals surface area contributed by atoms with E-state index in [4.69, 9.17) is 9.47 Å². The molecule has 1 aliphatic carbocycles. The van der Waals surface area contributed by atoms with Gasteiger partial charge in [-0.2, -0.15) is 13.2 Å². The maximum absolute atomic E-state index is 13.0. The minimum Gasteiger partial charge on any atom is -0.483 e. The topological polar surface area (TPSA) is 84.9 Å². The quantitative estimate of drug-likeness (QED) is 0.710. The first kappa shape index (κ1) is 23.3. The Balaban J connectivity index is 1.60. The number of hydrogen-bond donors (Lipinski definition) is 1. The number of nitrogens with one attached hydrogen (secondary N) is 1. The van der Waals surface area contributed by atoms with Crippen LogP contribution in [0.1, 0.15) is 50.0 Å². The van der Waals surface area contributed by atoms with Gasteiger partial charge in [0.25, 0.3) is 5.91 Å². The van der Waals surface area contributed by atoms with Crippen LogP contribution in [0.2, 0.25) is 0 Å². The van der Waals surface area contributed by atoms with Crippen LogP contribution in [0.4, 0.5) is 13.2 Å². The first-order valence-electron chi connectivity index (χ1n) is 10.9. The van der Waals surface area contributed by atoms with E-state index in [0.717, 1.165) is 31.2 Å². The van der Waals surface area contributed by atoms with E-state index >= 15 is 0 Å². The lowest BCUT2D eigenvalue weighted by Crippen LogP contribution is -2.60. The van der Waals surface area contributed by atoms with E-state index in [1.54, 1.807) is 4.72 Å². The van der Waals surface area contributed by atoms with E-state index in [-0.39, 0.29) is 31.7 Å². The van der Waals surface area contributed by atoms with Crippen molar-refractivity contribution >= 4 is 15.9 Å². The summed E-state index contributed by atoms with van der Waals surface area (Å²) in [5.74, 6) is 0.513. The Morgan fingerprint density at radius 2 is 1.78 bits per heavy atom. The molecule has 178 valence electrons. The molecule has 2 fully saturated rings. The zero-order valence-corrected chi connectivity index (χ0v) is 18.3. The first-order valence-corrected chi connectivity index (χ1v) is 12.4. The monoisotopic (exact) mass is 476 g/mol. The van der Waals surface area contributed by atoms with Crippen LogP contribution in [0.3, 0.4) is 0 Å². The summed E-state index contributed by atoms with van der Waals surface area (Å²) in [6.45, 7) is -0.00310. The van der Waals surface area contributed by atoms with Crippen LogP contribution in [-0.2, 0) is 19.6 Å². The van der Waals surface area contributed by atoms with Crippen molar-refractivity contribution in [3.05, 3.63) is 29.8 Å². The van der Waals surface area contributed by atoms with E-state index in [9.17, 15) is 26.4 Å². The predicted octanol–water partition coefficient (Wildman–Crippen LogP) is 2.92. The molecule has 0 spiro atoms. The number of rotatable bonds is 2. The molecule has 11 heteroatoms. The Morgan fingerprint density at radius 1 is 1.06 bits per heavy atom. The molecule has 0 aromatic heterocycles. The second-order valence-corrected chi connectivity index (χ2v) is 10.3. The van der Waals surface area contributed by atoms with Gasteiger partial charge in [-0.1, -0.05) is 18.2 Å². The van der Waals surface area contributed by atoms with Crippen LogP contribution in [0.15, 0.2) is 24.3 Å². The predicted molar refractivity (Wildman–Crippen MR) is 110 cm³/mol. The van der Waals surface area contributed by atoms with Crippen LogP contribution < -0.4 is 9.46 Å². The minimum absolute atomic E-state index is 0.0287. The summed E-state index contributed by atoms with van der Waals surface area (Å²) >= 11 is 0. The minimum atomic E-state index is -5.55. The molecule has 7 nitrogen and oxygen atoms in total. The van der Waals surface area contributed by atoms with Crippen LogP contribution >= 0.6 is 0 Å². The van der Waals surface area contributed by atoms with Crippen LogP contribution in [0.5, 0.6) is 5.75 Å². The Morgan fingerprint density at radius 3 is 2.50 bits per heavy atom. The number of alkyl halides is 3. The molecule has 1 amide bonds. The fourth-order valence-corrected chi connectivity index (χ4v) is 5.73. The van der Waals surface area contributed by atoms with Crippen molar-refractivity contribution in [3.63, 3.8) is 0 Å². The van der Waals surface area contributed by atoms with Gasteiger partial charge < -0.3 is 14.4 Å². The standard InChI is InChI=1S/C21H27F3N2O5S/c22-21(23,24)32(28,29)25-17-5-3-11-26-18(17)12-30-15-9-7-14(8-10-15)16-4-1-2-6-19(16)31-13-20(26)27/h1-2,4,6,14-15,17-18,25H,3,5,7-13H2/t14?,15?,17?,18-/m0/s1. The lowest BCUT2D eigenvalue weighted by atomic mass is 9.82. The Kier molecular flexibility index (Phi) is 6.69. The van der Waals surface area contributed by atoms with Crippen molar-refractivity contribution < 1.29 is 35.9 Å². The number of carbonyl (C=O) groups is 1. The highest BCUT2D eigenvalue weighted by Gasteiger charge is 2.49. The molecular weight excluding hydrogens is 449 g/mol. The van der Waals surface area contributed by atoms with E-state index in [2.05, 4.69) is 0 Å². The zero-order valence-electron chi connectivity index (χ0n) is 17.5. The van der Waals surface area contributed by atoms with Gasteiger partial charge in [0.15, 0.2) is 6.61 Å². The van der Waals surface area contributed by atoms with Crippen LogP contribution in [-0.4, -0.2) is 62.7 Å². The Bertz CT molecular complexity index is 932. The SMILES string of the molecule is O=C1COc2ccccc2C2CCC(CC2)OC[C@H]2C(NS(=O)(=O)C(F)(F)F)CCCN12. The molecule has 5 rings (SSSR count). The molecule has 1 saturated heterocycles. The molecule has 3 aliphatic heterocycles. The van der Waals surface area contributed by atoms with Gasteiger partial charge in [0.1, 0.15) is 5.75 Å². The highest BCUT2D eigenvalue weighted by atomic mass is 32.2. The molecular formula is C21H27F3N2O5S. The number of sulfonamides is 1. The normalized spacial score (nSPS) is 29.7. The van der Waals surface area contributed by atoms with Crippen molar-refractivity contribution in [2.45, 2.75) is 68.1 Å². The second kappa shape index (κ2) is 9.18. The number of amides is 1. The average molecular weight is 477 g/mol. The zero-order chi connectivity index (χ0) is 22.9. The van der Waals surface area contributed by atoms with Gasteiger partial charge in [0, 0.05) is 12.6 Å². The van der Waals surface area contributed by atoms with Crippen molar-refractivity contribution in [1.82, 2.24) is 9.62 Å². The van der Waals surface area contributed by atoms with E-state index < -0.39 is 33.5 Å². The summed E-state index contributed by atoms with van der Waals surface area (Å²) in [4.78, 5) is 14.4. The number of fused-ring (bicyclic) bond motifs is 5. The number of halogens is 3. The highest BCUT2D eigenvalue weighted by molar-refractivity contribution is 7.90. The summed E-state index contributed by atoms with van der Waals surface area (Å²) in [7, 11) is -5.55. The van der Waals surface area contributed by atoms with E-state index in [0.29, 0.717) is 18.7 Å². The molecule has 0 radical (unpaired) electrons. The van der Waals surface area contributed by atoms with Gasteiger partial charge in [-0.3, -0.25) is 4.79 Å². The molecule has 1 N–H and O–H groups in total. The third-order valence-corrected chi connectivity index (χ3v) is 7.82. The van der Waals surface area contributed by atoms with Crippen molar-refractivity contribution in [2.24, 2.45) is 0 Å². The number of piperidine rings is 1. The van der Waals surface area contributed by atoms with Gasteiger partial charge in [-0.05, 0) is 56.1 Å². The lowest BCUT2D eigenvalue weighted by molar-refractivity contribution is -0.140. The molecule has 4 aliphatic rings. The van der Waals surface area contributed by atoms with Crippen molar-refractivity contribution in [3.8, 4) is 5.75 Å². The Labute approximate surface area is 185 Å². The van der Waals surface area contributed by atoms with Gasteiger partial charge in [-0.25, -0.2) is 13.1 Å². The van der Waals surface area contributed by atoms with E-state index in [1.165, 1.54) is 4.90 Å². The fraction of sp³-hybridized carbons (Fsp3) is 0.667. The fourth-order valence-electron chi connectivity index (χ4n) is 4.92. The van der Waals surface area contributed by atoms with Gasteiger partial charge in [-0.15, -0.1) is 0 Å². The number of nitrogens with zero attached hydrogens (tertiary/aromatic N) is 1. The number of hydrogen-bond acceptors (Lipinski definition) is 5. The number of benzene rings is 1. The maximum Gasteiger partial charge on any atom is 0.511 e. The first-order chi connectivity index (χ1) is 15.2. The van der Waals surface area contributed by atoms with Crippen molar-refractivity contribution in [2.75, 3.05) is 19.8 Å². The van der Waals surface area contributed by atoms with Gasteiger partial charge in [0.05, 0.1) is 18.8 Å². The third kappa shape index (κ3) is 4.89.